The fourth-order valence-corrected chi connectivity index (χ4v) is 1.29. The van der Waals surface area contributed by atoms with E-state index in [2.05, 4.69) is 0 Å². The molecule has 0 aliphatic rings. The topological polar surface area (TPSA) is 26.0 Å². The summed E-state index contributed by atoms with van der Waals surface area (Å²) >= 11 is 0. The number of halogens is 1. The molecule has 0 amide bonds. The molecule has 1 aromatic carbocycles. The summed E-state index contributed by atoms with van der Waals surface area (Å²) in [6.45, 7) is 3.39. The summed E-state index contributed by atoms with van der Waals surface area (Å²) in [4.78, 5) is 0. The van der Waals surface area contributed by atoms with Gasteiger partial charge in [0.1, 0.15) is 6.17 Å². The highest BCUT2D eigenvalue weighted by Gasteiger charge is 2.10. The number of benzene rings is 1. The number of rotatable bonds is 2. The summed E-state index contributed by atoms with van der Waals surface area (Å²) < 4.78 is 13.0. The van der Waals surface area contributed by atoms with Crippen LogP contribution in [0.15, 0.2) is 24.3 Å². The van der Waals surface area contributed by atoms with Crippen molar-refractivity contribution in [2.24, 2.45) is 5.73 Å². The van der Waals surface area contributed by atoms with Crippen LogP contribution in [0.3, 0.4) is 0 Å². The molecule has 12 heavy (non-hydrogen) atoms. The van der Waals surface area contributed by atoms with Gasteiger partial charge < -0.3 is 5.73 Å². The molecule has 0 spiro atoms. The molecule has 0 aliphatic heterocycles. The Bertz CT molecular complexity index is 229. The van der Waals surface area contributed by atoms with E-state index < -0.39 is 6.17 Å². The van der Waals surface area contributed by atoms with E-state index in [9.17, 15) is 4.39 Å². The van der Waals surface area contributed by atoms with Gasteiger partial charge in [0.05, 0.1) is 0 Å². The van der Waals surface area contributed by atoms with Crippen LogP contribution in [-0.4, -0.2) is 0 Å². The van der Waals surface area contributed by atoms with E-state index in [4.69, 9.17) is 5.73 Å². The van der Waals surface area contributed by atoms with Crippen LogP contribution >= 0.6 is 0 Å². The lowest BCUT2D eigenvalue weighted by Crippen LogP contribution is -2.08. The van der Waals surface area contributed by atoms with Crippen molar-refractivity contribution >= 4 is 0 Å². The van der Waals surface area contributed by atoms with Gasteiger partial charge in [0.25, 0.3) is 0 Å². The van der Waals surface area contributed by atoms with Crippen molar-refractivity contribution in [2.75, 3.05) is 0 Å². The summed E-state index contributed by atoms with van der Waals surface area (Å²) in [5, 5.41) is 0. The van der Waals surface area contributed by atoms with Crippen molar-refractivity contribution in [3.8, 4) is 0 Å². The number of alkyl halides is 1. The van der Waals surface area contributed by atoms with Gasteiger partial charge >= 0.3 is 0 Å². The Morgan fingerprint density at radius 2 is 1.67 bits per heavy atom. The third-order valence-corrected chi connectivity index (χ3v) is 1.92. The lowest BCUT2D eigenvalue weighted by atomic mass is 9.99. The average Bonchev–Trinajstić information content (AvgIpc) is 2.04. The van der Waals surface area contributed by atoms with Crippen LogP contribution in [0.25, 0.3) is 0 Å². The Balaban J connectivity index is 3.09. The second-order valence-corrected chi connectivity index (χ2v) is 3.03. The van der Waals surface area contributed by atoms with Gasteiger partial charge in [0.15, 0.2) is 0 Å². The highest BCUT2D eigenvalue weighted by molar-refractivity contribution is 5.30. The van der Waals surface area contributed by atoms with E-state index in [0.717, 1.165) is 5.56 Å². The fourth-order valence-electron chi connectivity index (χ4n) is 1.29. The molecule has 1 aromatic rings. The molecule has 2 atom stereocenters. The van der Waals surface area contributed by atoms with Gasteiger partial charge in [-0.15, -0.1) is 0 Å². The number of hydrogen-bond donors (Lipinski definition) is 1. The highest BCUT2D eigenvalue weighted by Crippen LogP contribution is 2.24. The second kappa shape index (κ2) is 3.68. The largest absolute Gasteiger partial charge is 0.324 e. The van der Waals surface area contributed by atoms with Gasteiger partial charge in [0, 0.05) is 6.04 Å². The summed E-state index contributed by atoms with van der Waals surface area (Å²) in [5.41, 5.74) is 7.28. The van der Waals surface area contributed by atoms with Gasteiger partial charge in [0.2, 0.25) is 0 Å². The van der Waals surface area contributed by atoms with Crippen LogP contribution < -0.4 is 5.73 Å². The van der Waals surface area contributed by atoms with Crippen molar-refractivity contribution in [2.45, 2.75) is 26.1 Å². The van der Waals surface area contributed by atoms with Gasteiger partial charge in [-0.2, -0.15) is 0 Å². The van der Waals surface area contributed by atoms with Crippen molar-refractivity contribution in [3.63, 3.8) is 0 Å². The molecule has 1 rings (SSSR count). The van der Waals surface area contributed by atoms with Crippen molar-refractivity contribution in [1.29, 1.82) is 0 Å². The first-order valence-electron chi connectivity index (χ1n) is 4.11. The minimum Gasteiger partial charge on any atom is -0.324 e. The molecule has 1 nitrogen and oxygen atoms in total. The highest BCUT2D eigenvalue weighted by atomic mass is 19.1. The Morgan fingerprint density at radius 3 is 2.00 bits per heavy atom. The molecule has 0 bridgehead atoms. The maximum atomic E-state index is 13.0. The molecule has 2 heteroatoms. The van der Waals surface area contributed by atoms with E-state index in [0.29, 0.717) is 5.56 Å². The maximum Gasteiger partial charge on any atom is 0.123 e. The zero-order valence-electron chi connectivity index (χ0n) is 7.42. The number of hydrogen-bond acceptors (Lipinski definition) is 1. The van der Waals surface area contributed by atoms with Crippen molar-refractivity contribution < 1.29 is 4.39 Å². The smallest absolute Gasteiger partial charge is 0.123 e. The predicted octanol–water partition coefficient (Wildman–Crippen LogP) is 2.74. The zero-order valence-corrected chi connectivity index (χ0v) is 7.42. The first-order chi connectivity index (χ1) is 5.63. The molecule has 0 aromatic heterocycles. The molecule has 66 valence electrons. The Kier molecular flexibility index (Phi) is 2.82. The Morgan fingerprint density at radius 1 is 1.17 bits per heavy atom. The minimum absolute atomic E-state index is 0.0978. The standard InChI is InChI=1S/C10H14FN/c1-7(11)9-5-3-4-6-10(9)8(2)12/h3-8H,12H2,1-2H3. The average molecular weight is 167 g/mol. The Hall–Kier alpha value is -0.890. The zero-order chi connectivity index (χ0) is 9.14. The monoisotopic (exact) mass is 167 g/mol. The molecule has 0 aliphatic carbocycles. The van der Waals surface area contributed by atoms with Crippen LogP contribution in [0.4, 0.5) is 4.39 Å². The molecule has 0 saturated carbocycles. The maximum absolute atomic E-state index is 13.0. The van der Waals surface area contributed by atoms with Crippen LogP contribution in [-0.2, 0) is 0 Å². The normalized spacial score (nSPS) is 15.7. The minimum atomic E-state index is -0.938. The van der Waals surface area contributed by atoms with Crippen molar-refractivity contribution in [3.05, 3.63) is 35.4 Å². The molecule has 2 unspecified atom stereocenters. The van der Waals surface area contributed by atoms with Gasteiger partial charge in [-0.25, -0.2) is 4.39 Å². The molecule has 2 N–H and O–H groups in total. The van der Waals surface area contributed by atoms with E-state index >= 15 is 0 Å². The predicted molar refractivity (Wildman–Crippen MR) is 48.6 cm³/mol. The van der Waals surface area contributed by atoms with Gasteiger partial charge in [-0.3, -0.25) is 0 Å². The van der Waals surface area contributed by atoms with Gasteiger partial charge in [-0.1, -0.05) is 24.3 Å². The Labute approximate surface area is 72.4 Å². The first kappa shape index (κ1) is 9.20. The lowest BCUT2D eigenvalue weighted by Gasteiger charge is -2.12. The fraction of sp³-hybridized carbons (Fsp3) is 0.400. The summed E-state index contributed by atoms with van der Waals surface area (Å²) in [6.07, 6.45) is -0.938. The number of nitrogens with two attached hydrogens (primary N) is 1. The summed E-state index contributed by atoms with van der Waals surface area (Å²) in [6, 6.07) is 7.26. The third kappa shape index (κ3) is 1.83. The van der Waals surface area contributed by atoms with Crippen LogP contribution in [0, 0.1) is 0 Å². The lowest BCUT2D eigenvalue weighted by molar-refractivity contribution is 0.370. The summed E-state index contributed by atoms with van der Waals surface area (Å²) in [5.74, 6) is 0. The third-order valence-electron chi connectivity index (χ3n) is 1.92. The van der Waals surface area contributed by atoms with Crippen LogP contribution in [0.5, 0.6) is 0 Å². The van der Waals surface area contributed by atoms with Crippen LogP contribution in [0.1, 0.15) is 37.2 Å². The van der Waals surface area contributed by atoms with Crippen molar-refractivity contribution in [1.82, 2.24) is 0 Å². The molecule has 0 radical (unpaired) electrons. The molecule has 0 heterocycles. The first-order valence-corrected chi connectivity index (χ1v) is 4.11. The van der Waals surface area contributed by atoms with E-state index in [1.807, 2.05) is 25.1 Å². The molecular weight excluding hydrogens is 153 g/mol. The van der Waals surface area contributed by atoms with E-state index in [1.165, 1.54) is 6.92 Å². The second-order valence-electron chi connectivity index (χ2n) is 3.03. The molecular formula is C10H14FN. The van der Waals surface area contributed by atoms with E-state index in [-0.39, 0.29) is 6.04 Å². The summed E-state index contributed by atoms with van der Waals surface area (Å²) in [7, 11) is 0. The SMILES string of the molecule is CC(N)c1ccccc1C(C)F. The van der Waals surface area contributed by atoms with Crippen LogP contribution in [0.2, 0.25) is 0 Å². The molecule has 0 saturated heterocycles. The van der Waals surface area contributed by atoms with E-state index in [1.54, 1.807) is 6.07 Å². The quantitative estimate of drug-likeness (QED) is 0.720. The van der Waals surface area contributed by atoms with Gasteiger partial charge in [-0.05, 0) is 25.0 Å². The molecule has 0 fully saturated rings.